The molecule has 2 aromatic heterocycles. The molecule has 3 aromatic rings. The van der Waals surface area contributed by atoms with Gasteiger partial charge in [0.1, 0.15) is 6.04 Å². The van der Waals surface area contributed by atoms with E-state index in [-0.39, 0.29) is 24.4 Å². The minimum Gasteiger partial charge on any atom is -0.438 e. The molecule has 3 heterocycles. The van der Waals surface area contributed by atoms with Crippen LogP contribution in [0.2, 0.25) is 0 Å². The van der Waals surface area contributed by atoms with Gasteiger partial charge in [0, 0.05) is 36.3 Å². The number of carbonyl (C=O) groups is 1. The van der Waals surface area contributed by atoms with Crippen molar-refractivity contribution in [3.63, 3.8) is 0 Å². The van der Waals surface area contributed by atoms with Gasteiger partial charge in [0.15, 0.2) is 11.5 Å². The molecule has 4 rings (SSSR count). The number of nitrogens with one attached hydrogen (secondary N) is 3. The molecular weight excluding hydrogens is 354 g/mol. The predicted octanol–water partition coefficient (Wildman–Crippen LogP) is 2.62. The van der Waals surface area contributed by atoms with Crippen LogP contribution in [0, 0.1) is 0 Å². The molecule has 7 nitrogen and oxygen atoms in total. The fourth-order valence-corrected chi connectivity index (χ4v) is 2.96. The van der Waals surface area contributed by atoms with Crippen LogP contribution < -0.4 is 10.6 Å². The van der Waals surface area contributed by atoms with Crippen LogP contribution in [-0.4, -0.2) is 27.6 Å². The molecule has 0 spiro atoms. The Morgan fingerprint density at radius 2 is 2.12 bits per heavy atom. The Morgan fingerprint density at radius 3 is 2.92 bits per heavy atom. The van der Waals surface area contributed by atoms with Crippen molar-refractivity contribution in [3.05, 3.63) is 59.4 Å². The summed E-state index contributed by atoms with van der Waals surface area (Å²) in [6.07, 6.45) is 2.53. The zero-order valence-electron chi connectivity index (χ0n) is 14.3. The molecule has 3 N–H and O–H groups in total. The molecule has 1 aromatic carbocycles. The molecule has 0 fully saturated rings. The number of H-pyrrole nitrogens is 1. The van der Waals surface area contributed by atoms with Gasteiger partial charge < -0.3 is 15.1 Å². The smallest absolute Gasteiger partial charge is 0.272 e. The van der Waals surface area contributed by atoms with Crippen molar-refractivity contribution >= 4 is 18.3 Å². The van der Waals surface area contributed by atoms with Crippen molar-refractivity contribution in [2.75, 3.05) is 6.54 Å². The zero-order chi connectivity index (χ0) is 17.2. The minimum atomic E-state index is -0.353. The van der Waals surface area contributed by atoms with Gasteiger partial charge in [-0.25, -0.2) is 4.98 Å². The third-order valence-electron chi connectivity index (χ3n) is 4.32. The number of halogens is 1. The minimum absolute atomic E-state index is 0. The van der Waals surface area contributed by atoms with E-state index in [1.165, 1.54) is 0 Å². The summed E-state index contributed by atoms with van der Waals surface area (Å²) in [6.45, 7) is 3.39. The Hall–Kier alpha value is -2.64. The molecule has 1 aliphatic rings. The number of aromatic nitrogens is 3. The van der Waals surface area contributed by atoms with Crippen molar-refractivity contribution in [2.24, 2.45) is 0 Å². The molecule has 1 atom stereocenters. The highest BCUT2D eigenvalue weighted by atomic mass is 35.5. The maximum Gasteiger partial charge on any atom is 0.272 e. The molecule has 1 amide bonds. The molecular formula is C18H20ClN5O2. The van der Waals surface area contributed by atoms with E-state index < -0.39 is 0 Å². The molecule has 1 unspecified atom stereocenters. The quantitative estimate of drug-likeness (QED) is 0.653. The van der Waals surface area contributed by atoms with E-state index in [1.807, 2.05) is 37.3 Å². The molecule has 8 heteroatoms. The normalized spacial score (nSPS) is 14.2. The summed E-state index contributed by atoms with van der Waals surface area (Å²) in [7, 11) is 0. The highest BCUT2D eigenvalue weighted by molar-refractivity contribution is 5.94. The Bertz CT molecular complexity index is 890. The number of carbonyl (C=O) groups excluding carboxylic acids is 1. The fourth-order valence-electron chi connectivity index (χ4n) is 2.96. The van der Waals surface area contributed by atoms with Crippen LogP contribution in [0.5, 0.6) is 0 Å². The van der Waals surface area contributed by atoms with Crippen LogP contribution >= 0.6 is 12.4 Å². The van der Waals surface area contributed by atoms with Gasteiger partial charge in [-0.05, 0) is 6.92 Å². The largest absolute Gasteiger partial charge is 0.438 e. The number of fused-ring (bicyclic) bond motifs is 1. The number of rotatable bonds is 4. The first-order chi connectivity index (χ1) is 12.2. The summed E-state index contributed by atoms with van der Waals surface area (Å²) >= 11 is 0. The summed E-state index contributed by atoms with van der Waals surface area (Å²) in [5, 5.41) is 13.3. The maximum atomic E-state index is 12.5. The average Bonchev–Trinajstić information content (AvgIpc) is 3.30. The monoisotopic (exact) mass is 373 g/mol. The third-order valence-corrected chi connectivity index (χ3v) is 4.32. The molecule has 1 aliphatic heterocycles. The lowest BCUT2D eigenvalue weighted by Gasteiger charge is -2.14. The van der Waals surface area contributed by atoms with Gasteiger partial charge in [0.2, 0.25) is 5.89 Å². The van der Waals surface area contributed by atoms with Crippen LogP contribution in [0.3, 0.4) is 0 Å². The number of hydrogen-bond donors (Lipinski definition) is 3. The van der Waals surface area contributed by atoms with E-state index in [9.17, 15) is 4.79 Å². The molecule has 0 bridgehead atoms. The number of nitrogens with zero attached hydrogens (tertiary/aromatic N) is 2. The molecule has 0 aliphatic carbocycles. The number of benzene rings is 1. The van der Waals surface area contributed by atoms with Gasteiger partial charge in [-0.2, -0.15) is 5.10 Å². The van der Waals surface area contributed by atoms with Crippen LogP contribution in [0.25, 0.3) is 11.3 Å². The van der Waals surface area contributed by atoms with Gasteiger partial charge in [0.25, 0.3) is 5.91 Å². The first-order valence-corrected chi connectivity index (χ1v) is 8.31. The van der Waals surface area contributed by atoms with Crippen LogP contribution in [0.1, 0.15) is 40.6 Å². The van der Waals surface area contributed by atoms with Crippen molar-refractivity contribution in [1.29, 1.82) is 0 Å². The molecule has 0 saturated carbocycles. The molecule has 136 valence electrons. The maximum absolute atomic E-state index is 12.5. The van der Waals surface area contributed by atoms with Crippen molar-refractivity contribution < 1.29 is 9.21 Å². The summed E-state index contributed by atoms with van der Waals surface area (Å²) in [5.41, 5.74) is 3.35. The number of amides is 1. The highest BCUT2D eigenvalue weighted by Gasteiger charge is 2.24. The second kappa shape index (κ2) is 7.72. The van der Waals surface area contributed by atoms with E-state index in [2.05, 4.69) is 25.8 Å². The first-order valence-electron chi connectivity index (χ1n) is 8.31. The summed E-state index contributed by atoms with van der Waals surface area (Å²) in [4.78, 5) is 16.8. The second-order valence-corrected chi connectivity index (χ2v) is 6.08. The Kier molecular flexibility index (Phi) is 5.39. The van der Waals surface area contributed by atoms with Crippen molar-refractivity contribution in [1.82, 2.24) is 25.8 Å². The standard InChI is InChI=1S/C18H19N5O2.ClH/c1-11(18-20-10-15(25-18)12-5-3-2-4-6-12)21-17(24)16-13-9-19-8-7-14(13)22-23-16;/h2-6,10-11,19H,7-9H2,1H3,(H,21,24)(H,22,23);1H. The lowest BCUT2D eigenvalue weighted by atomic mass is 10.1. The topological polar surface area (TPSA) is 95.8 Å². The van der Waals surface area contributed by atoms with E-state index >= 15 is 0 Å². The number of oxazole rings is 1. The van der Waals surface area contributed by atoms with Gasteiger partial charge in [-0.1, -0.05) is 30.3 Å². The Morgan fingerprint density at radius 1 is 1.31 bits per heavy atom. The molecule has 0 radical (unpaired) electrons. The van der Waals surface area contributed by atoms with Crippen molar-refractivity contribution in [3.8, 4) is 11.3 Å². The zero-order valence-corrected chi connectivity index (χ0v) is 15.1. The van der Waals surface area contributed by atoms with E-state index in [0.29, 0.717) is 23.9 Å². The predicted molar refractivity (Wildman–Crippen MR) is 99.1 cm³/mol. The summed E-state index contributed by atoms with van der Waals surface area (Å²) < 4.78 is 5.80. The molecule has 26 heavy (non-hydrogen) atoms. The second-order valence-electron chi connectivity index (χ2n) is 6.08. The molecule has 0 saturated heterocycles. The fraction of sp³-hybridized carbons (Fsp3) is 0.278. The lowest BCUT2D eigenvalue weighted by molar-refractivity contribution is 0.0928. The SMILES string of the molecule is CC(NC(=O)c1n[nH]c2c1CNCC2)c1ncc(-c2ccccc2)o1.Cl. The Labute approximate surface area is 157 Å². The van der Waals surface area contributed by atoms with Gasteiger partial charge in [-0.3, -0.25) is 9.89 Å². The number of hydrogen-bond acceptors (Lipinski definition) is 5. The van der Waals surface area contributed by atoms with Crippen molar-refractivity contribution in [2.45, 2.75) is 25.9 Å². The van der Waals surface area contributed by atoms with E-state index in [1.54, 1.807) is 6.20 Å². The van der Waals surface area contributed by atoms with Crippen LogP contribution in [-0.2, 0) is 13.0 Å². The summed E-state index contributed by atoms with van der Waals surface area (Å²) in [5.74, 6) is 0.918. The average molecular weight is 374 g/mol. The third kappa shape index (κ3) is 3.49. The Balaban J connectivity index is 0.00000196. The summed E-state index contributed by atoms with van der Waals surface area (Å²) in [6, 6.07) is 9.39. The van der Waals surface area contributed by atoms with Crippen LogP contribution in [0.15, 0.2) is 40.9 Å². The van der Waals surface area contributed by atoms with E-state index in [0.717, 1.165) is 29.8 Å². The highest BCUT2D eigenvalue weighted by Crippen LogP contribution is 2.23. The van der Waals surface area contributed by atoms with Crippen LogP contribution in [0.4, 0.5) is 0 Å². The van der Waals surface area contributed by atoms with E-state index in [4.69, 9.17) is 4.42 Å². The number of aromatic amines is 1. The van der Waals surface area contributed by atoms with Gasteiger partial charge in [0.05, 0.1) is 6.20 Å². The van der Waals surface area contributed by atoms with Gasteiger partial charge in [-0.15, -0.1) is 12.4 Å². The lowest BCUT2D eigenvalue weighted by Crippen LogP contribution is -2.30. The first kappa shape index (κ1) is 18.2. The van der Waals surface area contributed by atoms with Gasteiger partial charge >= 0.3 is 0 Å².